The molecule has 0 spiro atoms. The monoisotopic (exact) mass is 467 g/mol. The molecule has 1 amide bonds. The normalized spacial score (nSPS) is 15.8. The Labute approximate surface area is 199 Å². The summed E-state index contributed by atoms with van der Waals surface area (Å²) in [6.07, 6.45) is 4.46. The number of hydrogen-bond donors (Lipinski definition) is 0. The average molecular weight is 468 g/mol. The van der Waals surface area contributed by atoms with Gasteiger partial charge in [-0.25, -0.2) is 0 Å². The molecule has 8 nitrogen and oxygen atoms in total. The number of Topliss-reactive ketones (excluding diaryl/α,β-unsaturated/α-hetero) is 1. The molecule has 2 aliphatic rings. The zero-order valence-corrected chi connectivity index (χ0v) is 19.7. The molecule has 0 bridgehead atoms. The summed E-state index contributed by atoms with van der Waals surface area (Å²) >= 11 is 0. The van der Waals surface area contributed by atoms with Crippen molar-refractivity contribution < 1.29 is 33.3 Å². The van der Waals surface area contributed by atoms with E-state index < -0.39 is 0 Å². The smallest absolute Gasteiger partial charge is 0.246 e. The van der Waals surface area contributed by atoms with E-state index >= 15 is 0 Å². The molecule has 1 saturated heterocycles. The number of likely N-dealkylation sites (tertiary alicyclic amines) is 1. The van der Waals surface area contributed by atoms with Crippen LogP contribution in [-0.4, -0.2) is 64.2 Å². The number of amides is 1. The highest BCUT2D eigenvalue weighted by Crippen LogP contribution is 2.35. The summed E-state index contributed by atoms with van der Waals surface area (Å²) in [6, 6.07) is 8.81. The SMILES string of the molecule is COc1cc(OC)c(OC)cc1C=CC(=O)N1CCC(C(=O)c2ccc3c(c2)OCCO3)CC1. The van der Waals surface area contributed by atoms with Crippen molar-refractivity contribution in [3.63, 3.8) is 0 Å². The highest BCUT2D eigenvalue weighted by Gasteiger charge is 2.28. The van der Waals surface area contributed by atoms with Gasteiger partial charge in [-0.15, -0.1) is 0 Å². The maximum absolute atomic E-state index is 13.0. The summed E-state index contributed by atoms with van der Waals surface area (Å²) in [7, 11) is 4.67. The number of ketones is 1. The zero-order chi connectivity index (χ0) is 24.1. The van der Waals surface area contributed by atoms with Gasteiger partial charge in [-0.2, -0.15) is 0 Å². The predicted octanol–water partition coefficient (Wildman–Crippen LogP) is 3.62. The number of hydrogen-bond acceptors (Lipinski definition) is 7. The zero-order valence-electron chi connectivity index (χ0n) is 19.7. The Morgan fingerprint density at radius 1 is 0.882 bits per heavy atom. The van der Waals surface area contributed by atoms with E-state index in [1.165, 1.54) is 6.08 Å². The Morgan fingerprint density at radius 2 is 1.53 bits per heavy atom. The van der Waals surface area contributed by atoms with Gasteiger partial charge in [-0.05, 0) is 43.2 Å². The minimum absolute atomic E-state index is 0.0784. The van der Waals surface area contributed by atoms with E-state index in [0.717, 1.165) is 0 Å². The van der Waals surface area contributed by atoms with E-state index in [0.29, 0.717) is 79.0 Å². The Kier molecular flexibility index (Phi) is 7.25. The van der Waals surface area contributed by atoms with Crippen LogP contribution in [0.1, 0.15) is 28.8 Å². The lowest BCUT2D eigenvalue weighted by atomic mass is 9.88. The molecule has 4 rings (SSSR count). The Morgan fingerprint density at radius 3 is 2.21 bits per heavy atom. The van der Waals surface area contributed by atoms with Crippen molar-refractivity contribution in [2.24, 2.45) is 5.92 Å². The van der Waals surface area contributed by atoms with Gasteiger partial charge in [0.2, 0.25) is 5.91 Å². The number of nitrogens with zero attached hydrogens (tertiary/aromatic N) is 1. The van der Waals surface area contributed by atoms with Crippen LogP contribution < -0.4 is 23.7 Å². The van der Waals surface area contributed by atoms with Crippen LogP contribution in [0.25, 0.3) is 6.08 Å². The van der Waals surface area contributed by atoms with E-state index in [1.807, 2.05) is 0 Å². The average Bonchev–Trinajstić information content (AvgIpc) is 2.90. The number of methoxy groups -OCH3 is 3. The van der Waals surface area contributed by atoms with Gasteiger partial charge in [0.15, 0.2) is 28.8 Å². The third-order valence-corrected chi connectivity index (χ3v) is 6.15. The first-order valence-corrected chi connectivity index (χ1v) is 11.2. The summed E-state index contributed by atoms with van der Waals surface area (Å²) in [5.41, 5.74) is 1.33. The minimum atomic E-state index is -0.124. The number of ether oxygens (including phenoxy) is 5. The fourth-order valence-corrected chi connectivity index (χ4v) is 4.24. The van der Waals surface area contributed by atoms with Crippen LogP contribution in [0, 0.1) is 5.92 Å². The second-order valence-corrected chi connectivity index (χ2v) is 8.10. The molecule has 2 heterocycles. The minimum Gasteiger partial charge on any atom is -0.496 e. The fraction of sp³-hybridized carbons (Fsp3) is 0.385. The van der Waals surface area contributed by atoms with Gasteiger partial charge >= 0.3 is 0 Å². The molecule has 8 heteroatoms. The Hall–Kier alpha value is -3.68. The molecule has 180 valence electrons. The lowest BCUT2D eigenvalue weighted by molar-refractivity contribution is -0.127. The van der Waals surface area contributed by atoms with Crippen molar-refractivity contribution in [3.8, 4) is 28.7 Å². The molecule has 0 atom stereocenters. The first-order chi connectivity index (χ1) is 16.5. The Bertz CT molecular complexity index is 1090. The standard InChI is InChI=1S/C26H29NO7/c1-30-21-16-23(32-3)22(31-2)14-18(21)5-7-25(28)27-10-8-17(9-11-27)26(29)19-4-6-20-24(15-19)34-13-12-33-20/h4-7,14-17H,8-13H2,1-3H3. The predicted molar refractivity (Wildman–Crippen MR) is 126 cm³/mol. The molecule has 0 N–H and O–H groups in total. The highest BCUT2D eigenvalue weighted by atomic mass is 16.6. The third kappa shape index (κ3) is 4.95. The van der Waals surface area contributed by atoms with E-state index in [9.17, 15) is 9.59 Å². The maximum atomic E-state index is 13.0. The van der Waals surface area contributed by atoms with E-state index in [4.69, 9.17) is 23.7 Å². The summed E-state index contributed by atoms with van der Waals surface area (Å²) < 4.78 is 27.2. The quantitative estimate of drug-likeness (QED) is 0.454. The lowest BCUT2D eigenvalue weighted by Gasteiger charge is -2.30. The van der Waals surface area contributed by atoms with Crippen LogP contribution in [0.2, 0.25) is 0 Å². The van der Waals surface area contributed by atoms with Crippen molar-refractivity contribution in [1.82, 2.24) is 4.90 Å². The summed E-state index contributed by atoms with van der Waals surface area (Å²) in [4.78, 5) is 27.6. The highest BCUT2D eigenvalue weighted by molar-refractivity contribution is 5.99. The Balaban J connectivity index is 1.37. The number of carbonyl (C=O) groups excluding carboxylic acids is 2. The van der Waals surface area contributed by atoms with Crippen molar-refractivity contribution in [2.75, 3.05) is 47.6 Å². The maximum Gasteiger partial charge on any atom is 0.246 e. The molecule has 0 aliphatic carbocycles. The lowest BCUT2D eigenvalue weighted by Crippen LogP contribution is -2.39. The summed E-state index contributed by atoms with van der Waals surface area (Å²) in [6.45, 7) is 2.04. The molecular weight excluding hydrogens is 438 g/mol. The van der Waals surface area contributed by atoms with Crippen LogP contribution in [-0.2, 0) is 4.79 Å². The van der Waals surface area contributed by atoms with Crippen LogP contribution in [0.4, 0.5) is 0 Å². The van der Waals surface area contributed by atoms with E-state index in [2.05, 4.69) is 0 Å². The van der Waals surface area contributed by atoms with Crippen molar-refractivity contribution >= 4 is 17.8 Å². The van der Waals surface area contributed by atoms with E-state index in [1.54, 1.807) is 62.6 Å². The van der Waals surface area contributed by atoms with Crippen molar-refractivity contribution in [1.29, 1.82) is 0 Å². The first-order valence-electron chi connectivity index (χ1n) is 11.2. The van der Waals surface area contributed by atoms with Gasteiger partial charge in [0.05, 0.1) is 21.3 Å². The molecule has 2 aromatic rings. The van der Waals surface area contributed by atoms with Gasteiger partial charge in [-0.3, -0.25) is 9.59 Å². The second kappa shape index (κ2) is 10.5. The van der Waals surface area contributed by atoms with Crippen molar-refractivity contribution in [2.45, 2.75) is 12.8 Å². The molecule has 2 aliphatic heterocycles. The number of carbonyl (C=O) groups is 2. The summed E-state index contributed by atoms with van der Waals surface area (Å²) in [5, 5.41) is 0. The van der Waals surface area contributed by atoms with Crippen molar-refractivity contribution in [3.05, 3.63) is 47.5 Å². The number of piperidine rings is 1. The summed E-state index contributed by atoms with van der Waals surface area (Å²) in [5.74, 6) is 2.80. The van der Waals surface area contributed by atoms with Crippen LogP contribution in [0.5, 0.6) is 28.7 Å². The molecule has 34 heavy (non-hydrogen) atoms. The van der Waals surface area contributed by atoms with Crippen LogP contribution in [0.15, 0.2) is 36.4 Å². The van der Waals surface area contributed by atoms with Crippen LogP contribution in [0.3, 0.4) is 0 Å². The second-order valence-electron chi connectivity index (χ2n) is 8.10. The van der Waals surface area contributed by atoms with Crippen LogP contribution >= 0.6 is 0 Å². The third-order valence-electron chi connectivity index (χ3n) is 6.15. The van der Waals surface area contributed by atoms with E-state index in [-0.39, 0.29) is 17.6 Å². The largest absolute Gasteiger partial charge is 0.496 e. The topological polar surface area (TPSA) is 83.5 Å². The molecular formula is C26H29NO7. The van der Waals surface area contributed by atoms with Gasteiger partial charge < -0.3 is 28.6 Å². The molecule has 0 radical (unpaired) electrons. The fourth-order valence-electron chi connectivity index (χ4n) is 4.24. The van der Waals surface area contributed by atoms with Gasteiger partial charge in [0, 0.05) is 42.3 Å². The molecule has 0 aromatic heterocycles. The molecule has 0 saturated carbocycles. The molecule has 0 unspecified atom stereocenters. The molecule has 1 fully saturated rings. The number of rotatable bonds is 7. The van der Waals surface area contributed by atoms with Gasteiger partial charge in [0.25, 0.3) is 0 Å². The first kappa shape index (κ1) is 23.5. The number of benzene rings is 2. The number of fused-ring (bicyclic) bond motifs is 1. The molecule has 2 aromatic carbocycles. The van der Waals surface area contributed by atoms with Gasteiger partial charge in [0.1, 0.15) is 19.0 Å². The van der Waals surface area contributed by atoms with Gasteiger partial charge in [-0.1, -0.05) is 0 Å².